The van der Waals surface area contributed by atoms with Crippen molar-refractivity contribution in [2.45, 2.75) is 272 Å². The van der Waals surface area contributed by atoms with Gasteiger partial charge >= 0.3 is 0 Å². The first-order chi connectivity index (χ1) is 36.5. The van der Waals surface area contributed by atoms with Gasteiger partial charge in [0.25, 0.3) is 11.8 Å². The predicted octanol–water partition coefficient (Wildman–Crippen LogP) is 22.3. The maximum absolute atomic E-state index is 15.4. The molecule has 0 fully saturated rings. The molecule has 6 heterocycles. The first-order valence-electron chi connectivity index (χ1n) is 31.0. The molecular weight excluding hydrogens is 981 g/mol. The maximum Gasteiger partial charge on any atom is 0.261 e. The van der Waals surface area contributed by atoms with E-state index in [0.717, 1.165) is 59.7 Å². The molecule has 0 saturated heterocycles. The molecule has 0 saturated carbocycles. The van der Waals surface area contributed by atoms with Crippen molar-refractivity contribution in [2.24, 2.45) is 0 Å². The van der Waals surface area contributed by atoms with E-state index in [9.17, 15) is 0 Å². The molecule has 4 nitrogen and oxygen atoms in total. The van der Waals surface area contributed by atoms with Gasteiger partial charge in [-0.2, -0.15) is 0 Å². The Hall–Kier alpha value is -2.78. The van der Waals surface area contributed by atoms with Gasteiger partial charge in [-0.1, -0.05) is 233 Å². The van der Waals surface area contributed by atoms with E-state index in [1.807, 2.05) is 32.5 Å². The van der Waals surface area contributed by atoms with Crippen LogP contribution in [-0.4, -0.2) is 34.7 Å². The van der Waals surface area contributed by atoms with Crippen LogP contribution in [0.1, 0.15) is 280 Å². The molecule has 0 unspecified atom stereocenters. The third kappa shape index (κ3) is 18.7. The van der Waals surface area contributed by atoms with Gasteiger partial charge in [0.05, 0.1) is 32.3 Å². The highest BCUT2D eigenvalue weighted by molar-refractivity contribution is 7.22. The molecule has 8 heteroatoms. The summed E-state index contributed by atoms with van der Waals surface area (Å²) in [6, 6.07) is 13.6. The molecule has 0 N–H and O–H groups in total. The Morgan fingerprint density at radius 2 is 0.595 bits per heavy atom. The van der Waals surface area contributed by atoms with Gasteiger partial charge in [-0.05, 0) is 96.8 Å². The summed E-state index contributed by atoms with van der Waals surface area (Å²) in [5.74, 6) is 0.0590. The summed E-state index contributed by atoms with van der Waals surface area (Å²) in [5.41, 5.74) is 5.91. The van der Waals surface area contributed by atoms with Gasteiger partial charge in [0.2, 0.25) is 0 Å². The summed E-state index contributed by atoms with van der Waals surface area (Å²) >= 11 is 7.24. The molecule has 0 radical (unpaired) electrons. The number of carbonyl (C=O) groups excluding carboxylic acids is 2. The molecule has 2 aliphatic heterocycles. The number of aryl methyl sites for hydroxylation is 2. The maximum atomic E-state index is 15.4. The molecule has 74 heavy (non-hydrogen) atoms. The third-order valence-corrected chi connectivity index (χ3v) is 20.3. The summed E-state index contributed by atoms with van der Waals surface area (Å²) in [5, 5.41) is 4.49. The molecule has 4 aromatic heterocycles. The quantitative estimate of drug-likeness (QED) is 0.0414. The van der Waals surface area contributed by atoms with Gasteiger partial charge in [0.15, 0.2) is 0 Å². The van der Waals surface area contributed by atoms with Crippen LogP contribution in [0.3, 0.4) is 0 Å². The van der Waals surface area contributed by atoms with Crippen LogP contribution in [0.15, 0.2) is 58.3 Å². The monoisotopic (exact) mass is 1080 g/mol. The molecule has 0 bridgehead atoms. The number of hydrogen-bond acceptors (Lipinski definition) is 6. The molecule has 6 rings (SSSR count). The molecule has 2 amide bonds. The number of nitrogens with zero attached hydrogens (tertiary/aromatic N) is 2. The smallest absolute Gasteiger partial charge is 0.261 e. The second kappa shape index (κ2) is 35.6. The molecule has 2 aliphatic rings. The number of rotatable bonds is 44. The van der Waals surface area contributed by atoms with E-state index in [-0.39, 0.29) is 11.8 Å². The van der Waals surface area contributed by atoms with Crippen molar-refractivity contribution in [1.29, 1.82) is 0 Å². The third-order valence-electron chi connectivity index (χ3n) is 15.9. The number of fused-ring (bicyclic) bond motifs is 1. The Kier molecular flexibility index (Phi) is 29.1. The van der Waals surface area contributed by atoms with Crippen molar-refractivity contribution >= 4 is 68.6 Å². The van der Waals surface area contributed by atoms with E-state index < -0.39 is 0 Å². The highest BCUT2D eigenvalue weighted by atomic mass is 32.1. The lowest BCUT2D eigenvalue weighted by molar-refractivity contribution is -0.124. The Morgan fingerprint density at radius 3 is 0.905 bits per heavy atom. The Bertz CT molecular complexity index is 2090. The van der Waals surface area contributed by atoms with Crippen LogP contribution in [0, 0.1) is 0 Å². The van der Waals surface area contributed by atoms with Crippen LogP contribution in [0.25, 0.3) is 30.9 Å². The summed E-state index contributed by atoms with van der Waals surface area (Å²) < 4.78 is 0. The molecule has 4 aromatic rings. The lowest BCUT2D eigenvalue weighted by Gasteiger charge is -2.24. The fourth-order valence-electron chi connectivity index (χ4n) is 11.4. The van der Waals surface area contributed by atoms with Gasteiger partial charge in [0.1, 0.15) is 0 Å². The molecule has 0 atom stereocenters. The Balaban J connectivity index is 1.20. The second-order valence-corrected chi connectivity index (χ2v) is 26.1. The average Bonchev–Trinajstić information content (AvgIpc) is 4.29. The van der Waals surface area contributed by atoms with Crippen LogP contribution in [0.4, 0.5) is 0 Å². The zero-order chi connectivity index (χ0) is 52.0. The van der Waals surface area contributed by atoms with Gasteiger partial charge in [-0.25, -0.2) is 0 Å². The Labute approximate surface area is 468 Å². The lowest BCUT2D eigenvalue weighted by Crippen LogP contribution is -2.30. The van der Waals surface area contributed by atoms with Gasteiger partial charge in [-0.3, -0.25) is 9.59 Å². The fourth-order valence-corrected chi connectivity index (χ4v) is 15.8. The molecule has 0 spiro atoms. The summed E-state index contributed by atoms with van der Waals surface area (Å²) in [6.45, 7) is 10.5. The summed E-state index contributed by atoms with van der Waals surface area (Å²) in [7, 11) is 0. The number of unbranched alkanes of at least 4 members (excludes halogenated alkanes) is 32. The highest BCUT2D eigenvalue weighted by Gasteiger charge is 2.49. The number of carbonyl (C=O) groups is 2. The van der Waals surface area contributed by atoms with Crippen molar-refractivity contribution in [2.75, 3.05) is 13.1 Å². The Morgan fingerprint density at radius 1 is 0.324 bits per heavy atom. The number of hydrogen-bond donors (Lipinski definition) is 0. The van der Waals surface area contributed by atoms with Gasteiger partial charge in [-0.15, -0.1) is 45.3 Å². The van der Waals surface area contributed by atoms with E-state index in [4.69, 9.17) is 0 Å². The zero-order valence-corrected chi connectivity index (χ0v) is 50.5. The fraction of sp³-hybridized carbons (Fsp3) is 0.667. The molecular formula is C66H100N2O2S4. The molecule has 410 valence electrons. The largest absolute Gasteiger partial charge is 0.306 e. The standard InChI is InChI=1S/C66H100N2O2S4/c1-5-9-13-17-19-21-23-25-27-29-31-33-35-39-49-67-61(55-43-45-57(73-55)63-53(47-51-71-63)41-37-15-11-7-3)59-60(65(67)69)62(56-44-46-58(74-56)64-54(48-52-72-64)42-38-16-12-8-4)68(66(59)70)50-40-36-34-32-30-28-26-24-22-20-18-14-10-6-2/h43-48,51-52H,5-42,49-50H2,1-4H3. The first kappa shape index (κ1) is 60.4. The van der Waals surface area contributed by atoms with Crippen LogP contribution in [0.5, 0.6) is 0 Å². The van der Waals surface area contributed by atoms with E-state index in [2.05, 4.69) is 74.9 Å². The summed E-state index contributed by atoms with van der Waals surface area (Å²) in [4.78, 5) is 42.2. The molecule has 0 aromatic carbocycles. The second-order valence-electron chi connectivity index (χ2n) is 22.1. The van der Waals surface area contributed by atoms with Gasteiger partial charge < -0.3 is 9.80 Å². The topological polar surface area (TPSA) is 40.6 Å². The van der Waals surface area contributed by atoms with Crippen molar-refractivity contribution in [3.8, 4) is 19.5 Å². The van der Waals surface area contributed by atoms with Crippen LogP contribution in [-0.2, 0) is 22.4 Å². The SMILES string of the molecule is CCCCCCCCCCCCCCCCN1C(=O)C2=C(c3ccc(-c4sccc4CCCCCC)s3)N(CCCCCCCCCCCCCCCC)C(=O)C2=C1c1ccc(-c2sccc2CCCCCC)s1. The van der Waals surface area contributed by atoms with Crippen molar-refractivity contribution in [3.63, 3.8) is 0 Å². The normalized spacial score (nSPS) is 13.8. The van der Waals surface area contributed by atoms with E-state index in [1.165, 1.54) is 236 Å². The van der Waals surface area contributed by atoms with E-state index in [1.54, 1.807) is 22.7 Å². The highest BCUT2D eigenvalue weighted by Crippen LogP contribution is 2.51. The van der Waals surface area contributed by atoms with E-state index >= 15 is 9.59 Å². The first-order valence-corrected chi connectivity index (χ1v) is 34.4. The van der Waals surface area contributed by atoms with E-state index in [0.29, 0.717) is 24.2 Å². The van der Waals surface area contributed by atoms with Crippen LogP contribution < -0.4 is 0 Å². The van der Waals surface area contributed by atoms with Crippen molar-refractivity contribution < 1.29 is 9.59 Å². The van der Waals surface area contributed by atoms with Gasteiger partial charge in [0, 0.05) is 32.6 Å². The number of amides is 2. The minimum atomic E-state index is 0.0295. The molecule has 0 aliphatic carbocycles. The number of thiophene rings is 4. The lowest BCUT2D eigenvalue weighted by atomic mass is 10.0. The average molecular weight is 1080 g/mol. The zero-order valence-electron chi connectivity index (χ0n) is 47.2. The van der Waals surface area contributed by atoms with Crippen LogP contribution in [0.2, 0.25) is 0 Å². The minimum absolute atomic E-state index is 0.0295. The minimum Gasteiger partial charge on any atom is -0.306 e. The van der Waals surface area contributed by atoms with Crippen molar-refractivity contribution in [1.82, 2.24) is 9.80 Å². The predicted molar refractivity (Wildman–Crippen MR) is 329 cm³/mol. The summed E-state index contributed by atoms with van der Waals surface area (Å²) in [6.07, 6.45) is 48.7. The van der Waals surface area contributed by atoms with Crippen molar-refractivity contribution in [3.05, 3.63) is 79.2 Å². The van der Waals surface area contributed by atoms with Crippen LogP contribution >= 0.6 is 45.3 Å².